The normalized spacial score (nSPS) is 25.7. The summed E-state index contributed by atoms with van der Waals surface area (Å²) in [6, 6.07) is 5.53. The minimum atomic E-state index is -0.164. The molecule has 8 heteroatoms. The number of hydrogen-bond donors (Lipinski definition) is 0. The molecule has 0 N–H and O–H groups in total. The van der Waals surface area contributed by atoms with Gasteiger partial charge in [-0.1, -0.05) is 49.0 Å². The molecule has 1 aromatic carbocycles. The predicted molar refractivity (Wildman–Crippen MR) is 141 cm³/mol. The summed E-state index contributed by atoms with van der Waals surface area (Å²) in [6.45, 7) is 4.42. The van der Waals surface area contributed by atoms with E-state index in [-0.39, 0.29) is 41.0 Å². The van der Waals surface area contributed by atoms with Crippen LogP contribution in [0.3, 0.4) is 0 Å². The lowest BCUT2D eigenvalue weighted by Gasteiger charge is -2.34. The number of likely N-dealkylation sites (tertiary alicyclic amines) is 2. The molecule has 4 fully saturated rings. The van der Waals surface area contributed by atoms with Gasteiger partial charge in [-0.15, -0.1) is 0 Å². The van der Waals surface area contributed by atoms with Crippen LogP contribution >= 0.6 is 23.2 Å². The van der Waals surface area contributed by atoms with Crippen molar-refractivity contribution in [1.82, 2.24) is 14.7 Å². The van der Waals surface area contributed by atoms with Gasteiger partial charge in [-0.05, 0) is 55.7 Å². The highest BCUT2D eigenvalue weighted by Gasteiger charge is 2.48. The Morgan fingerprint density at radius 1 is 1.00 bits per heavy atom. The van der Waals surface area contributed by atoms with Crippen LogP contribution in [0.5, 0.6) is 0 Å². The van der Waals surface area contributed by atoms with Crippen LogP contribution in [-0.2, 0) is 14.4 Å². The van der Waals surface area contributed by atoms with E-state index in [1.807, 2.05) is 40.8 Å². The quantitative estimate of drug-likeness (QED) is 0.496. The van der Waals surface area contributed by atoms with Gasteiger partial charge in [0, 0.05) is 56.9 Å². The molecule has 2 aliphatic carbocycles. The molecule has 1 aromatic rings. The largest absolute Gasteiger partial charge is 0.342 e. The van der Waals surface area contributed by atoms with Crippen LogP contribution in [-0.4, -0.2) is 71.7 Å². The van der Waals surface area contributed by atoms with Crippen molar-refractivity contribution in [3.8, 4) is 0 Å². The summed E-state index contributed by atoms with van der Waals surface area (Å²) in [5.41, 5.74) is 0.840. The van der Waals surface area contributed by atoms with Gasteiger partial charge in [-0.25, -0.2) is 0 Å². The maximum atomic E-state index is 13.6. The van der Waals surface area contributed by atoms with Crippen molar-refractivity contribution in [3.63, 3.8) is 0 Å². The number of piperidine rings is 1. The minimum absolute atomic E-state index is 0.0184. The lowest BCUT2D eigenvalue weighted by molar-refractivity contribution is -0.142. The van der Waals surface area contributed by atoms with Crippen molar-refractivity contribution in [2.24, 2.45) is 17.3 Å². The summed E-state index contributed by atoms with van der Waals surface area (Å²) in [6.07, 6.45) is 7.34. The standard InChI is InChI=1S/C28H37Cl2N3O3/c1-28(11-12-28)27(36)32-13-9-19(10-14-32)26(35)33-16-21(20-6-7-22(29)23(30)15-20)24(17-33)31(2)25(34)8-5-18-3-4-18/h6-7,15,18-19,21,24H,3-5,8-14,16-17H2,1-2H3. The van der Waals surface area contributed by atoms with Gasteiger partial charge in [-0.3, -0.25) is 14.4 Å². The zero-order chi connectivity index (χ0) is 25.6. The highest BCUT2D eigenvalue weighted by Crippen LogP contribution is 2.47. The first-order valence-electron chi connectivity index (χ1n) is 13.4. The van der Waals surface area contributed by atoms with Crippen molar-refractivity contribution in [2.75, 3.05) is 33.2 Å². The van der Waals surface area contributed by atoms with E-state index in [0.717, 1.165) is 24.8 Å². The van der Waals surface area contributed by atoms with Gasteiger partial charge in [0.25, 0.3) is 0 Å². The van der Waals surface area contributed by atoms with Crippen LogP contribution in [0.2, 0.25) is 10.0 Å². The maximum Gasteiger partial charge on any atom is 0.228 e. The van der Waals surface area contributed by atoms with E-state index in [2.05, 4.69) is 0 Å². The summed E-state index contributed by atoms with van der Waals surface area (Å²) in [5.74, 6) is 1.15. The van der Waals surface area contributed by atoms with Gasteiger partial charge >= 0.3 is 0 Å². The van der Waals surface area contributed by atoms with E-state index in [1.165, 1.54) is 12.8 Å². The lowest BCUT2D eigenvalue weighted by atomic mass is 9.93. The third-order valence-electron chi connectivity index (χ3n) is 8.97. The van der Waals surface area contributed by atoms with Gasteiger partial charge in [0.1, 0.15) is 0 Å². The Kier molecular flexibility index (Phi) is 7.30. The average Bonchev–Trinajstić information content (AvgIpc) is 3.81. The number of likely N-dealkylation sites (N-methyl/N-ethyl adjacent to an activating group) is 1. The fraction of sp³-hybridized carbons (Fsp3) is 0.679. The Hall–Kier alpha value is -1.79. The van der Waals surface area contributed by atoms with Crippen molar-refractivity contribution in [2.45, 2.75) is 70.3 Å². The molecule has 5 rings (SSSR count). The Labute approximate surface area is 224 Å². The third kappa shape index (κ3) is 5.40. The molecular formula is C28H37Cl2N3O3. The number of halogens is 2. The maximum absolute atomic E-state index is 13.6. The molecule has 2 unspecified atom stereocenters. The molecule has 0 spiro atoms. The van der Waals surface area contributed by atoms with Crippen LogP contribution in [0.15, 0.2) is 18.2 Å². The average molecular weight is 535 g/mol. The first-order chi connectivity index (χ1) is 17.2. The van der Waals surface area contributed by atoms with Crippen molar-refractivity contribution >= 4 is 40.9 Å². The predicted octanol–water partition coefficient (Wildman–Crippen LogP) is 4.98. The second-order valence-corrected chi connectivity index (χ2v) is 12.5. The van der Waals surface area contributed by atoms with Gasteiger partial charge in [0.05, 0.1) is 16.1 Å². The molecule has 196 valence electrons. The Bertz CT molecular complexity index is 1030. The Morgan fingerprint density at radius 3 is 2.31 bits per heavy atom. The molecule has 2 saturated carbocycles. The highest BCUT2D eigenvalue weighted by molar-refractivity contribution is 6.42. The number of carbonyl (C=O) groups excluding carboxylic acids is 3. The lowest BCUT2D eigenvalue weighted by Crippen LogP contribution is -2.46. The second kappa shape index (κ2) is 10.2. The SMILES string of the molecule is CN(C(=O)CCC1CC1)C1CN(C(=O)C2CCN(C(=O)C3(C)CC3)CC2)CC1c1ccc(Cl)c(Cl)c1. The molecule has 0 aromatic heterocycles. The second-order valence-electron chi connectivity index (χ2n) is 11.7. The summed E-state index contributed by atoms with van der Waals surface area (Å²) >= 11 is 12.5. The van der Waals surface area contributed by atoms with Crippen molar-refractivity contribution < 1.29 is 14.4 Å². The van der Waals surface area contributed by atoms with E-state index >= 15 is 0 Å². The number of hydrogen-bond acceptors (Lipinski definition) is 3. The molecule has 2 saturated heterocycles. The molecule has 0 radical (unpaired) electrons. The van der Waals surface area contributed by atoms with Crippen molar-refractivity contribution in [1.29, 1.82) is 0 Å². The molecule has 2 heterocycles. The Balaban J connectivity index is 1.27. The van der Waals surface area contributed by atoms with Crippen LogP contribution < -0.4 is 0 Å². The topological polar surface area (TPSA) is 60.9 Å². The molecule has 6 nitrogen and oxygen atoms in total. The van der Waals surface area contributed by atoms with Gasteiger partial charge in [0.15, 0.2) is 0 Å². The van der Waals surface area contributed by atoms with Crippen LogP contribution in [0.25, 0.3) is 0 Å². The van der Waals surface area contributed by atoms with Crippen LogP contribution in [0.1, 0.15) is 69.8 Å². The van der Waals surface area contributed by atoms with Gasteiger partial charge in [-0.2, -0.15) is 0 Å². The smallest absolute Gasteiger partial charge is 0.228 e. The highest BCUT2D eigenvalue weighted by atomic mass is 35.5. The van der Waals surface area contributed by atoms with Gasteiger partial charge < -0.3 is 14.7 Å². The zero-order valence-electron chi connectivity index (χ0n) is 21.3. The number of benzene rings is 1. The van der Waals surface area contributed by atoms with Crippen molar-refractivity contribution in [3.05, 3.63) is 33.8 Å². The summed E-state index contributed by atoms with van der Waals surface area (Å²) < 4.78 is 0. The van der Waals surface area contributed by atoms with E-state index in [0.29, 0.717) is 61.4 Å². The summed E-state index contributed by atoms with van der Waals surface area (Å²) in [7, 11) is 1.88. The molecule has 4 aliphatic rings. The molecular weight excluding hydrogens is 497 g/mol. The van der Waals surface area contributed by atoms with Gasteiger partial charge in [0.2, 0.25) is 17.7 Å². The van der Waals surface area contributed by atoms with E-state index in [4.69, 9.17) is 23.2 Å². The molecule has 2 aliphatic heterocycles. The number of nitrogens with zero attached hydrogens (tertiary/aromatic N) is 3. The van der Waals surface area contributed by atoms with Crippen LogP contribution in [0, 0.1) is 17.3 Å². The molecule has 0 bridgehead atoms. The van der Waals surface area contributed by atoms with E-state index < -0.39 is 0 Å². The third-order valence-corrected chi connectivity index (χ3v) is 9.71. The molecule has 3 amide bonds. The Morgan fingerprint density at radius 2 is 1.69 bits per heavy atom. The zero-order valence-corrected chi connectivity index (χ0v) is 22.9. The number of carbonyl (C=O) groups is 3. The summed E-state index contributed by atoms with van der Waals surface area (Å²) in [5, 5.41) is 0.986. The van der Waals surface area contributed by atoms with E-state index in [1.54, 1.807) is 6.07 Å². The van der Waals surface area contributed by atoms with E-state index in [9.17, 15) is 14.4 Å². The summed E-state index contributed by atoms with van der Waals surface area (Å²) in [4.78, 5) is 45.2. The molecule has 2 atom stereocenters. The fourth-order valence-electron chi connectivity index (χ4n) is 5.90. The number of rotatable bonds is 7. The molecule has 36 heavy (non-hydrogen) atoms. The van der Waals surface area contributed by atoms with Crippen LogP contribution in [0.4, 0.5) is 0 Å². The monoisotopic (exact) mass is 533 g/mol. The first-order valence-corrected chi connectivity index (χ1v) is 14.2. The fourth-order valence-corrected chi connectivity index (χ4v) is 6.20. The number of amides is 3. The first kappa shape index (κ1) is 25.8. The minimum Gasteiger partial charge on any atom is -0.342 e.